The van der Waals surface area contributed by atoms with Crippen molar-refractivity contribution in [3.8, 4) is 0 Å². The van der Waals surface area contributed by atoms with E-state index in [1.165, 1.54) is 17.7 Å². The topological polar surface area (TPSA) is 26.0 Å². The first kappa shape index (κ1) is 12.2. The van der Waals surface area contributed by atoms with Crippen molar-refractivity contribution in [2.75, 3.05) is 6.54 Å². The van der Waals surface area contributed by atoms with Crippen LogP contribution >= 0.6 is 0 Å². The van der Waals surface area contributed by atoms with Crippen LogP contribution in [0.4, 0.5) is 4.39 Å². The van der Waals surface area contributed by atoms with Gasteiger partial charge < -0.3 is 5.73 Å². The number of benzene rings is 1. The molecule has 0 bridgehead atoms. The SMILES string of the molecule is CC(C)CC(CN)Cc1ccc(F)cc1. The van der Waals surface area contributed by atoms with Crippen LogP contribution in [0.25, 0.3) is 0 Å². The Hall–Kier alpha value is -0.890. The quantitative estimate of drug-likeness (QED) is 0.792. The summed E-state index contributed by atoms with van der Waals surface area (Å²) in [6.07, 6.45) is 2.09. The van der Waals surface area contributed by atoms with Crippen LogP contribution in [-0.4, -0.2) is 6.54 Å². The van der Waals surface area contributed by atoms with E-state index in [-0.39, 0.29) is 5.82 Å². The Bertz CT molecular complexity index is 279. The van der Waals surface area contributed by atoms with Crippen molar-refractivity contribution in [2.24, 2.45) is 17.6 Å². The van der Waals surface area contributed by atoms with Crippen LogP contribution in [-0.2, 0) is 6.42 Å². The van der Waals surface area contributed by atoms with E-state index in [4.69, 9.17) is 5.73 Å². The molecule has 1 nitrogen and oxygen atoms in total. The fourth-order valence-corrected chi connectivity index (χ4v) is 1.88. The number of nitrogens with two attached hydrogens (primary N) is 1. The van der Waals surface area contributed by atoms with Gasteiger partial charge in [-0.25, -0.2) is 4.39 Å². The molecule has 1 atom stereocenters. The van der Waals surface area contributed by atoms with E-state index >= 15 is 0 Å². The molecule has 84 valence electrons. The minimum Gasteiger partial charge on any atom is -0.330 e. The Morgan fingerprint density at radius 3 is 2.27 bits per heavy atom. The van der Waals surface area contributed by atoms with Gasteiger partial charge in [0.1, 0.15) is 5.82 Å². The lowest BCUT2D eigenvalue weighted by molar-refractivity contribution is 0.415. The second-order valence-electron chi connectivity index (χ2n) is 4.56. The van der Waals surface area contributed by atoms with Gasteiger partial charge in [-0.05, 0) is 48.9 Å². The zero-order valence-corrected chi connectivity index (χ0v) is 9.54. The van der Waals surface area contributed by atoms with Gasteiger partial charge in [-0.3, -0.25) is 0 Å². The zero-order chi connectivity index (χ0) is 11.3. The van der Waals surface area contributed by atoms with Gasteiger partial charge in [-0.1, -0.05) is 26.0 Å². The van der Waals surface area contributed by atoms with Gasteiger partial charge in [-0.2, -0.15) is 0 Å². The molecule has 0 fully saturated rings. The molecule has 0 aromatic heterocycles. The summed E-state index contributed by atoms with van der Waals surface area (Å²) in [5.41, 5.74) is 6.90. The first-order chi connectivity index (χ1) is 7.11. The molecular formula is C13H20FN. The summed E-state index contributed by atoms with van der Waals surface area (Å²) in [4.78, 5) is 0. The average Bonchev–Trinajstić information content (AvgIpc) is 2.19. The third-order valence-electron chi connectivity index (χ3n) is 2.58. The summed E-state index contributed by atoms with van der Waals surface area (Å²) in [5, 5.41) is 0. The first-order valence-electron chi connectivity index (χ1n) is 5.56. The highest BCUT2D eigenvalue weighted by Crippen LogP contribution is 2.16. The van der Waals surface area contributed by atoms with Gasteiger partial charge >= 0.3 is 0 Å². The van der Waals surface area contributed by atoms with Gasteiger partial charge in [0.25, 0.3) is 0 Å². The van der Waals surface area contributed by atoms with Crippen molar-refractivity contribution in [1.82, 2.24) is 0 Å². The molecule has 0 saturated heterocycles. The van der Waals surface area contributed by atoms with Crippen LogP contribution in [0, 0.1) is 17.7 Å². The van der Waals surface area contributed by atoms with Crippen molar-refractivity contribution in [3.63, 3.8) is 0 Å². The normalized spacial score (nSPS) is 13.1. The van der Waals surface area contributed by atoms with Crippen LogP contribution < -0.4 is 5.73 Å². The molecule has 0 radical (unpaired) electrons. The van der Waals surface area contributed by atoms with Crippen LogP contribution in [0.2, 0.25) is 0 Å². The van der Waals surface area contributed by atoms with Gasteiger partial charge in [0.15, 0.2) is 0 Å². The molecule has 1 rings (SSSR count). The van der Waals surface area contributed by atoms with E-state index in [1.54, 1.807) is 0 Å². The maximum atomic E-state index is 12.7. The Kier molecular flexibility index (Phi) is 4.76. The third-order valence-corrected chi connectivity index (χ3v) is 2.58. The van der Waals surface area contributed by atoms with E-state index in [1.807, 2.05) is 12.1 Å². The molecule has 0 aliphatic carbocycles. The highest BCUT2D eigenvalue weighted by molar-refractivity contribution is 5.16. The monoisotopic (exact) mass is 209 g/mol. The highest BCUT2D eigenvalue weighted by Gasteiger charge is 2.09. The lowest BCUT2D eigenvalue weighted by Gasteiger charge is -2.16. The third kappa shape index (κ3) is 4.43. The standard InChI is InChI=1S/C13H20FN/c1-10(2)7-12(9-15)8-11-3-5-13(14)6-4-11/h3-6,10,12H,7-9,15H2,1-2H3. The largest absolute Gasteiger partial charge is 0.330 e. The minimum atomic E-state index is -0.174. The van der Waals surface area contributed by atoms with E-state index in [2.05, 4.69) is 13.8 Å². The van der Waals surface area contributed by atoms with Crippen LogP contribution in [0.5, 0.6) is 0 Å². The maximum absolute atomic E-state index is 12.7. The Labute approximate surface area is 91.5 Å². The second-order valence-corrected chi connectivity index (χ2v) is 4.56. The molecular weight excluding hydrogens is 189 g/mol. The maximum Gasteiger partial charge on any atom is 0.123 e. The Morgan fingerprint density at radius 1 is 1.20 bits per heavy atom. The predicted octanol–water partition coefficient (Wildman–Crippen LogP) is 2.99. The van der Waals surface area contributed by atoms with E-state index in [0.717, 1.165) is 12.8 Å². The summed E-state index contributed by atoms with van der Waals surface area (Å²) in [5.74, 6) is 1.00. The average molecular weight is 209 g/mol. The molecule has 0 aliphatic heterocycles. The van der Waals surface area contributed by atoms with E-state index < -0.39 is 0 Å². The van der Waals surface area contributed by atoms with Crippen molar-refractivity contribution >= 4 is 0 Å². The Balaban J connectivity index is 2.54. The summed E-state index contributed by atoms with van der Waals surface area (Å²) in [6, 6.07) is 6.72. The number of hydrogen-bond acceptors (Lipinski definition) is 1. The first-order valence-corrected chi connectivity index (χ1v) is 5.56. The summed E-state index contributed by atoms with van der Waals surface area (Å²) in [7, 11) is 0. The fraction of sp³-hybridized carbons (Fsp3) is 0.538. The van der Waals surface area contributed by atoms with Crippen LogP contribution in [0.1, 0.15) is 25.8 Å². The number of hydrogen-bond donors (Lipinski definition) is 1. The van der Waals surface area contributed by atoms with Crippen molar-refractivity contribution in [3.05, 3.63) is 35.6 Å². The second kappa shape index (κ2) is 5.86. The summed E-state index contributed by atoms with van der Waals surface area (Å²) < 4.78 is 12.7. The van der Waals surface area contributed by atoms with E-state index in [9.17, 15) is 4.39 Å². The molecule has 0 amide bonds. The zero-order valence-electron chi connectivity index (χ0n) is 9.54. The molecule has 0 heterocycles. The van der Waals surface area contributed by atoms with Gasteiger partial charge in [-0.15, -0.1) is 0 Å². The van der Waals surface area contributed by atoms with Crippen molar-refractivity contribution in [1.29, 1.82) is 0 Å². The Morgan fingerprint density at radius 2 is 1.80 bits per heavy atom. The summed E-state index contributed by atoms with van der Waals surface area (Å²) >= 11 is 0. The van der Waals surface area contributed by atoms with Crippen LogP contribution in [0.15, 0.2) is 24.3 Å². The predicted molar refractivity (Wildman–Crippen MR) is 62.1 cm³/mol. The van der Waals surface area contributed by atoms with Crippen LogP contribution in [0.3, 0.4) is 0 Å². The summed E-state index contributed by atoms with van der Waals surface area (Å²) in [6.45, 7) is 5.11. The molecule has 0 spiro atoms. The number of rotatable bonds is 5. The molecule has 1 aromatic rings. The molecule has 2 heteroatoms. The van der Waals surface area contributed by atoms with Crippen molar-refractivity contribution < 1.29 is 4.39 Å². The molecule has 0 saturated carbocycles. The molecule has 2 N–H and O–H groups in total. The lowest BCUT2D eigenvalue weighted by Crippen LogP contribution is -2.18. The highest BCUT2D eigenvalue weighted by atomic mass is 19.1. The molecule has 0 aliphatic rings. The van der Waals surface area contributed by atoms with E-state index in [0.29, 0.717) is 18.4 Å². The molecule has 1 unspecified atom stereocenters. The molecule has 1 aromatic carbocycles. The van der Waals surface area contributed by atoms with Crippen molar-refractivity contribution in [2.45, 2.75) is 26.7 Å². The van der Waals surface area contributed by atoms with Gasteiger partial charge in [0.2, 0.25) is 0 Å². The molecule has 15 heavy (non-hydrogen) atoms. The van der Waals surface area contributed by atoms with Gasteiger partial charge in [0.05, 0.1) is 0 Å². The number of halogens is 1. The minimum absolute atomic E-state index is 0.174. The lowest BCUT2D eigenvalue weighted by atomic mass is 9.91. The smallest absolute Gasteiger partial charge is 0.123 e. The van der Waals surface area contributed by atoms with Gasteiger partial charge in [0, 0.05) is 0 Å². The fourth-order valence-electron chi connectivity index (χ4n) is 1.88.